The minimum absolute atomic E-state index is 0.0285. The Morgan fingerprint density at radius 1 is 1.15 bits per heavy atom. The number of nitrogens with one attached hydrogen (secondary N) is 1. The largest absolute Gasteiger partial charge is 0.508 e. The molecule has 4 N–H and O–H groups in total. The number of hydrogen-bond acceptors (Lipinski definition) is 5. The van der Waals surface area contributed by atoms with Crippen molar-refractivity contribution in [1.82, 2.24) is 10.2 Å². The Balaban J connectivity index is 1.88. The number of amides is 2. The highest BCUT2D eigenvalue weighted by Gasteiger charge is 2.51. The van der Waals surface area contributed by atoms with Gasteiger partial charge in [-0.05, 0) is 31.0 Å². The van der Waals surface area contributed by atoms with Crippen LogP contribution in [0.1, 0.15) is 27.9 Å². The second kappa shape index (κ2) is 9.53. The van der Waals surface area contributed by atoms with Crippen LogP contribution in [0, 0.1) is 6.92 Å². The molecule has 8 nitrogen and oxygen atoms in total. The Kier molecular flexibility index (Phi) is 6.97. The Labute approximate surface area is 188 Å². The number of benzene rings is 2. The van der Waals surface area contributed by atoms with Gasteiger partial charge >= 0.3 is 5.97 Å². The van der Waals surface area contributed by atoms with Crippen molar-refractivity contribution in [3.8, 4) is 5.75 Å². The molecular weight excluding hydrogens is 438 g/mol. The molecule has 0 aromatic heterocycles. The minimum Gasteiger partial charge on any atom is -0.508 e. The van der Waals surface area contributed by atoms with Crippen molar-refractivity contribution in [3.05, 3.63) is 65.2 Å². The van der Waals surface area contributed by atoms with Crippen molar-refractivity contribution in [2.24, 2.45) is 0 Å². The summed E-state index contributed by atoms with van der Waals surface area (Å²) in [6.07, 6.45) is -3.07. The standard InChI is InChI=1S/C23H24F2N2O6/c1-13-15(8-5-9-18(13)28)20(30)26-16(10-14-6-3-2-4-7-14)19(29)21(31)27-12-23(24,25)11-17(27)22(32)33/h2-9,16-17,19,28-29H,10-12H2,1H3,(H,26,30)(H,32,33)/t16-,17?,19-/m0/s1. The molecule has 0 saturated carbocycles. The minimum atomic E-state index is -3.41. The highest BCUT2D eigenvalue weighted by Crippen LogP contribution is 2.33. The number of rotatable bonds is 7. The van der Waals surface area contributed by atoms with E-state index in [0.717, 1.165) is 0 Å². The van der Waals surface area contributed by atoms with Gasteiger partial charge in [0, 0.05) is 17.5 Å². The molecule has 2 amide bonds. The zero-order valence-electron chi connectivity index (χ0n) is 17.7. The van der Waals surface area contributed by atoms with Crippen LogP contribution in [-0.2, 0) is 16.0 Å². The number of nitrogens with zero attached hydrogens (tertiary/aromatic N) is 1. The van der Waals surface area contributed by atoms with Gasteiger partial charge in [-0.1, -0.05) is 36.4 Å². The van der Waals surface area contributed by atoms with Gasteiger partial charge in [0.05, 0.1) is 12.6 Å². The average Bonchev–Trinajstić information content (AvgIpc) is 3.10. The molecule has 10 heteroatoms. The van der Waals surface area contributed by atoms with E-state index in [1.807, 2.05) is 0 Å². The summed E-state index contributed by atoms with van der Waals surface area (Å²) in [4.78, 5) is 37.6. The summed E-state index contributed by atoms with van der Waals surface area (Å²) < 4.78 is 27.7. The molecule has 3 atom stereocenters. The average molecular weight is 462 g/mol. The quantitative estimate of drug-likeness (QED) is 0.496. The number of carbonyl (C=O) groups excluding carboxylic acids is 2. The molecule has 1 fully saturated rings. The second-order valence-electron chi connectivity index (χ2n) is 8.04. The zero-order valence-corrected chi connectivity index (χ0v) is 17.7. The fourth-order valence-corrected chi connectivity index (χ4v) is 3.84. The highest BCUT2D eigenvalue weighted by molar-refractivity contribution is 5.97. The van der Waals surface area contributed by atoms with Crippen molar-refractivity contribution in [3.63, 3.8) is 0 Å². The molecule has 0 spiro atoms. The van der Waals surface area contributed by atoms with Crippen molar-refractivity contribution in [2.45, 2.75) is 43.9 Å². The van der Waals surface area contributed by atoms with Gasteiger partial charge < -0.3 is 25.5 Å². The molecule has 33 heavy (non-hydrogen) atoms. The van der Waals surface area contributed by atoms with Gasteiger partial charge in [0.2, 0.25) is 0 Å². The lowest BCUT2D eigenvalue weighted by Crippen LogP contribution is -2.54. The Bertz CT molecular complexity index is 1050. The van der Waals surface area contributed by atoms with Crippen LogP contribution < -0.4 is 5.32 Å². The number of likely N-dealkylation sites (tertiary alicyclic amines) is 1. The third-order valence-corrected chi connectivity index (χ3v) is 5.64. The van der Waals surface area contributed by atoms with E-state index >= 15 is 0 Å². The molecule has 1 aliphatic rings. The van der Waals surface area contributed by atoms with Crippen LogP contribution in [0.25, 0.3) is 0 Å². The summed E-state index contributed by atoms with van der Waals surface area (Å²) in [5, 5.41) is 32.5. The lowest BCUT2D eigenvalue weighted by atomic mass is 9.98. The van der Waals surface area contributed by atoms with Crippen molar-refractivity contribution < 1.29 is 38.5 Å². The van der Waals surface area contributed by atoms with E-state index < -0.39 is 54.9 Å². The number of hydrogen-bond donors (Lipinski definition) is 4. The number of aromatic hydroxyl groups is 1. The molecule has 3 rings (SSSR count). The van der Waals surface area contributed by atoms with Gasteiger partial charge in [-0.15, -0.1) is 0 Å². The molecule has 1 aliphatic heterocycles. The number of carbonyl (C=O) groups is 3. The number of phenols is 1. The number of carboxylic acid groups (broad SMARTS) is 1. The topological polar surface area (TPSA) is 127 Å². The first kappa shape index (κ1) is 24.1. The van der Waals surface area contributed by atoms with Crippen LogP contribution in [0.4, 0.5) is 8.78 Å². The van der Waals surface area contributed by atoms with E-state index in [1.54, 1.807) is 30.3 Å². The lowest BCUT2D eigenvalue weighted by molar-refractivity contribution is -0.152. The third-order valence-electron chi connectivity index (χ3n) is 5.64. The number of halogens is 2. The van der Waals surface area contributed by atoms with Crippen LogP contribution in [0.15, 0.2) is 48.5 Å². The number of aliphatic hydroxyl groups excluding tert-OH is 1. The summed E-state index contributed by atoms with van der Waals surface area (Å²) >= 11 is 0. The SMILES string of the molecule is Cc1c(O)cccc1C(=O)N[C@@H](Cc1ccccc1)[C@H](O)C(=O)N1CC(F)(F)CC1C(=O)O. The predicted molar refractivity (Wildman–Crippen MR) is 113 cm³/mol. The van der Waals surface area contributed by atoms with E-state index in [0.29, 0.717) is 10.5 Å². The van der Waals surface area contributed by atoms with E-state index in [9.17, 15) is 38.5 Å². The van der Waals surface area contributed by atoms with Gasteiger partial charge in [0.1, 0.15) is 11.8 Å². The summed E-state index contributed by atoms with van der Waals surface area (Å²) in [5.74, 6) is -7.05. The number of carboxylic acids is 1. The van der Waals surface area contributed by atoms with E-state index in [-0.39, 0.29) is 23.3 Å². The normalized spacial score (nSPS) is 19.0. The molecular formula is C23H24F2N2O6. The summed E-state index contributed by atoms with van der Waals surface area (Å²) in [6, 6.07) is 9.81. The van der Waals surface area contributed by atoms with Crippen LogP contribution in [0.3, 0.4) is 0 Å². The van der Waals surface area contributed by atoms with Crippen molar-refractivity contribution in [2.75, 3.05) is 6.54 Å². The third kappa shape index (κ3) is 5.46. The molecule has 1 saturated heterocycles. The number of alkyl halides is 2. The van der Waals surface area contributed by atoms with E-state index in [2.05, 4.69) is 5.32 Å². The first-order chi connectivity index (χ1) is 15.5. The Hall–Kier alpha value is -3.53. The van der Waals surface area contributed by atoms with E-state index in [1.165, 1.54) is 25.1 Å². The number of aliphatic hydroxyl groups is 1. The molecule has 2 aromatic rings. The molecule has 1 heterocycles. The predicted octanol–water partition coefficient (Wildman–Crippen LogP) is 1.72. The van der Waals surface area contributed by atoms with Gasteiger partial charge in [0.15, 0.2) is 6.10 Å². The summed E-state index contributed by atoms with van der Waals surface area (Å²) in [7, 11) is 0. The first-order valence-electron chi connectivity index (χ1n) is 10.2. The molecule has 0 bridgehead atoms. The Morgan fingerprint density at radius 3 is 2.45 bits per heavy atom. The number of phenolic OH excluding ortho intramolecular Hbond substituents is 1. The van der Waals surface area contributed by atoms with Gasteiger partial charge in [-0.3, -0.25) is 9.59 Å². The monoisotopic (exact) mass is 462 g/mol. The maximum absolute atomic E-state index is 13.9. The highest BCUT2D eigenvalue weighted by atomic mass is 19.3. The maximum atomic E-state index is 13.9. The fraction of sp³-hybridized carbons (Fsp3) is 0.348. The summed E-state index contributed by atoms with van der Waals surface area (Å²) in [5.41, 5.74) is 1.02. The van der Waals surface area contributed by atoms with Crippen LogP contribution in [0.5, 0.6) is 5.75 Å². The fourth-order valence-electron chi connectivity index (χ4n) is 3.84. The summed E-state index contributed by atoms with van der Waals surface area (Å²) in [6.45, 7) is 0.374. The maximum Gasteiger partial charge on any atom is 0.326 e. The molecule has 2 aromatic carbocycles. The molecule has 0 aliphatic carbocycles. The number of aliphatic carboxylic acids is 1. The van der Waals surface area contributed by atoms with Gasteiger partial charge in [-0.2, -0.15) is 0 Å². The smallest absolute Gasteiger partial charge is 0.326 e. The van der Waals surface area contributed by atoms with Crippen molar-refractivity contribution >= 4 is 17.8 Å². The lowest BCUT2D eigenvalue weighted by Gasteiger charge is -2.29. The second-order valence-corrected chi connectivity index (χ2v) is 8.04. The van der Waals surface area contributed by atoms with Gasteiger partial charge in [0.25, 0.3) is 17.7 Å². The zero-order chi connectivity index (χ0) is 24.3. The van der Waals surface area contributed by atoms with Crippen LogP contribution >= 0.6 is 0 Å². The van der Waals surface area contributed by atoms with Gasteiger partial charge in [-0.25, -0.2) is 13.6 Å². The first-order valence-corrected chi connectivity index (χ1v) is 10.2. The van der Waals surface area contributed by atoms with Crippen LogP contribution in [0.2, 0.25) is 0 Å². The Morgan fingerprint density at radius 2 is 1.82 bits per heavy atom. The molecule has 0 radical (unpaired) electrons. The van der Waals surface area contributed by atoms with E-state index in [4.69, 9.17) is 0 Å². The molecule has 176 valence electrons. The molecule has 1 unspecified atom stereocenters. The van der Waals surface area contributed by atoms with Crippen molar-refractivity contribution in [1.29, 1.82) is 0 Å². The van der Waals surface area contributed by atoms with Crippen LogP contribution in [-0.4, -0.2) is 68.7 Å².